The molecule has 64 valence electrons. The van der Waals surface area contributed by atoms with Crippen LogP contribution in [0.2, 0.25) is 0 Å². The molecule has 7 N–H and O–H groups in total. The molecule has 0 aliphatic heterocycles. The molecule has 0 aliphatic rings. The third kappa shape index (κ3) is 5.16. The topological polar surface area (TPSA) is 120 Å². The third-order valence-corrected chi connectivity index (χ3v) is 1.16. The van der Waals surface area contributed by atoms with Crippen molar-refractivity contribution in [2.75, 3.05) is 0 Å². The molecule has 1 amide bonds. The number of rotatable bonds is 4. The quantitative estimate of drug-likeness (QED) is 0.170. The van der Waals surface area contributed by atoms with E-state index in [2.05, 4.69) is 10.5 Å². The Balaban J connectivity index is 3.45. The van der Waals surface area contributed by atoms with Gasteiger partial charge in [-0.1, -0.05) is 0 Å². The van der Waals surface area contributed by atoms with Crippen molar-refractivity contribution >= 4 is 11.7 Å². The van der Waals surface area contributed by atoms with Gasteiger partial charge in [0.2, 0.25) is 5.91 Å². The summed E-state index contributed by atoms with van der Waals surface area (Å²) in [6.07, 6.45) is 1.46. The highest BCUT2D eigenvalue weighted by Gasteiger charge is 1.98. The van der Waals surface area contributed by atoms with Crippen LogP contribution in [-0.2, 0) is 4.79 Å². The van der Waals surface area contributed by atoms with Gasteiger partial charge in [-0.25, -0.2) is 5.84 Å². The summed E-state index contributed by atoms with van der Waals surface area (Å²) in [4.78, 5) is 10.3. The van der Waals surface area contributed by atoms with Gasteiger partial charge in [-0.05, 0) is 6.42 Å². The normalized spacial score (nSPS) is 11.2. The van der Waals surface area contributed by atoms with Crippen LogP contribution in [0.3, 0.4) is 0 Å². The number of hydrazone groups is 1. The maximum atomic E-state index is 10.3. The van der Waals surface area contributed by atoms with Crippen LogP contribution in [-0.4, -0.2) is 11.7 Å². The minimum atomic E-state index is -0.335. The summed E-state index contributed by atoms with van der Waals surface area (Å²) < 4.78 is 0. The van der Waals surface area contributed by atoms with Crippen molar-refractivity contribution in [2.45, 2.75) is 19.3 Å². The van der Waals surface area contributed by atoms with Crippen LogP contribution in [0.4, 0.5) is 0 Å². The van der Waals surface area contributed by atoms with E-state index in [1.54, 1.807) is 0 Å². The number of nitrogens with two attached hydrogens (primary N) is 3. The monoisotopic (exact) mass is 159 g/mol. The average Bonchev–Trinajstić information content (AvgIpc) is 1.98. The van der Waals surface area contributed by atoms with E-state index in [4.69, 9.17) is 17.4 Å². The zero-order valence-electron chi connectivity index (χ0n) is 6.21. The Morgan fingerprint density at radius 3 is 2.45 bits per heavy atom. The summed E-state index contributed by atoms with van der Waals surface area (Å²) in [5.41, 5.74) is 7.20. The highest BCUT2D eigenvalue weighted by Crippen LogP contribution is 1.93. The first-order chi connectivity index (χ1) is 5.20. The molecule has 11 heavy (non-hydrogen) atoms. The third-order valence-electron chi connectivity index (χ3n) is 1.16. The molecule has 0 saturated heterocycles. The van der Waals surface area contributed by atoms with Crippen LogP contribution in [0.1, 0.15) is 19.3 Å². The van der Waals surface area contributed by atoms with Crippen LogP contribution in [0.15, 0.2) is 5.10 Å². The van der Waals surface area contributed by atoms with E-state index in [0.29, 0.717) is 25.1 Å². The number of hydrogen-bond donors (Lipinski definition) is 4. The number of amides is 1. The van der Waals surface area contributed by atoms with Gasteiger partial charge in [-0.15, -0.1) is 0 Å². The number of nitrogens with zero attached hydrogens (tertiary/aromatic N) is 1. The number of nitrogens with one attached hydrogen (secondary N) is 1. The highest BCUT2D eigenvalue weighted by molar-refractivity contribution is 5.82. The maximum absolute atomic E-state index is 10.3. The van der Waals surface area contributed by atoms with Gasteiger partial charge < -0.3 is 17.0 Å². The lowest BCUT2D eigenvalue weighted by Gasteiger charge is -2.01. The van der Waals surface area contributed by atoms with E-state index in [0.717, 1.165) is 0 Å². The lowest BCUT2D eigenvalue weighted by Crippen LogP contribution is -2.31. The fourth-order valence-electron chi connectivity index (χ4n) is 0.604. The Kier molecular flexibility index (Phi) is 4.83. The van der Waals surface area contributed by atoms with Gasteiger partial charge in [-0.2, -0.15) is 5.10 Å². The molecule has 0 aromatic rings. The summed E-state index contributed by atoms with van der Waals surface area (Å²) in [5.74, 6) is 10.1. The Morgan fingerprint density at radius 2 is 2.09 bits per heavy atom. The van der Waals surface area contributed by atoms with Gasteiger partial charge in [-0.3, -0.25) is 4.79 Å². The first-order valence-electron chi connectivity index (χ1n) is 3.22. The van der Waals surface area contributed by atoms with Crippen molar-refractivity contribution in [1.82, 2.24) is 5.43 Å². The van der Waals surface area contributed by atoms with E-state index in [1.165, 1.54) is 0 Å². The largest absolute Gasteiger partial charge is 0.370 e. The van der Waals surface area contributed by atoms with Crippen LogP contribution in [0, 0.1) is 0 Å². The van der Waals surface area contributed by atoms with Gasteiger partial charge in [0, 0.05) is 12.8 Å². The summed E-state index contributed by atoms with van der Waals surface area (Å²) in [6, 6.07) is 0. The predicted molar refractivity (Wildman–Crippen MR) is 42.0 cm³/mol. The minimum absolute atomic E-state index is 0.320. The van der Waals surface area contributed by atoms with Gasteiger partial charge in [0.25, 0.3) is 0 Å². The Hall–Kier alpha value is -1.30. The van der Waals surface area contributed by atoms with Gasteiger partial charge in [0.15, 0.2) is 0 Å². The van der Waals surface area contributed by atoms with E-state index in [-0.39, 0.29) is 5.91 Å². The van der Waals surface area contributed by atoms with Crippen molar-refractivity contribution < 1.29 is 4.79 Å². The van der Waals surface area contributed by atoms with Crippen molar-refractivity contribution in [3.63, 3.8) is 0 Å². The smallest absolute Gasteiger partial charge is 0.217 e. The zero-order chi connectivity index (χ0) is 8.69. The first kappa shape index (κ1) is 9.70. The molecule has 6 nitrogen and oxygen atoms in total. The molecule has 0 fully saturated rings. The van der Waals surface area contributed by atoms with Crippen molar-refractivity contribution in [2.24, 2.45) is 22.5 Å². The molecular weight excluding hydrogens is 146 g/mol. The fourth-order valence-corrected chi connectivity index (χ4v) is 0.604. The van der Waals surface area contributed by atoms with Crippen molar-refractivity contribution in [1.29, 1.82) is 0 Å². The zero-order valence-corrected chi connectivity index (χ0v) is 6.21. The molecular formula is C5H13N5O. The number of carbonyl (C=O) groups is 1. The Bertz CT molecular complexity index is 155. The molecule has 0 radical (unpaired) electrons. The number of hydrazine groups is 1. The highest BCUT2D eigenvalue weighted by atomic mass is 16.1. The standard InChI is InChI=1S/C5H13N5O/c6-4(11)2-1-3-5(9-7)10-8/h1-3,7-8H2,(H2,6,11)(H,9,10). The van der Waals surface area contributed by atoms with E-state index < -0.39 is 0 Å². The van der Waals surface area contributed by atoms with Gasteiger partial charge in [0.1, 0.15) is 5.84 Å². The second kappa shape index (κ2) is 5.48. The number of primary amides is 1. The SMILES string of the molecule is N/N=C(/CCCC(N)=O)NN. The molecule has 0 aromatic carbocycles. The summed E-state index contributed by atoms with van der Waals surface area (Å²) in [6.45, 7) is 0. The van der Waals surface area contributed by atoms with E-state index >= 15 is 0 Å². The molecule has 6 heteroatoms. The molecule has 0 heterocycles. The van der Waals surface area contributed by atoms with E-state index in [9.17, 15) is 4.79 Å². The summed E-state index contributed by atoms with van der Waals surface area (Å²) in [7, 11) is 0. The molecule has 0 saturated carbocycles. The molecule has 0 aromatic heterocycles. The first-order valence-corrected chi connectivity index (χ1v) is 3.22. The second-order valence-corrected chi connectivity index (χ2v) is 2.04. The van der Waals surface area contributed by atoms with Gasteiger partial charge in [0.05, 0.1) is 0 Å². The fraction of sp³-hybridized carbons (Fsp3) is 0.600. The van der Waals surface area contributed by atoms with Crippen molar-refractivity contribution in [3.05, 3.63) is 0 Å². The predicted octanol–water partition coefficient (Wildman–Crippen LogP) is -1.62. The molecule has 0 atom stereocenters. The maximum Gasteiger partial charge on any atom is 0.217 e. The van der Waals surface area contributed by atoms with Crippen LogP contribution >= 0.6 is 0 Å². The Labute approximate surface area is 64.8 Å². The molecule has 0 bridgehead atoms. The Morgan fingerprint density at radius 1 is 1.45 bits per heavy atom. The number of carbonyl (C=O) groups excluding carboxylic acids is 1. The number of hydrogen-bond acceptors (Lipinski definition) is 4. The summed E-state index contributed by atoms with van der Waals surface area (Å²) in [5, 5.41) is 3.33. The van der Waals surface area contributed by atoms with Crippen LogP contribution < -0.4 is 22.8 Å². The average molecular weight is 159 g/mol. The minimum Gasteiger partial charge on any atom is -0.370 e. The second-order valence-electron chi connectivity index (χ2n) is 2.04. The molecule has 0 aliphatic carbocycles. The van der Waals surface area contributed by atoms with Crippen LogP contribution in [0.25, 0.3) is 0 Å². The lowest BCUT2D eigenvalue weighted by atomic mass is 10.2. The lowest BCUT2D eigenvalue weighted by molar-refractivity contribution is -0.118. The molecule has 0 rings (SSSR count). The van der Waals surface area contributed by atoms with Crippen molar-refractivity contribution in [3.8, 4) is 0 Å². The molecule has 0 unspecified atom stereocenters. The van der Waals surface area contributed by atoms with E-state index in [1.807, 2.05) is 0 Å². The molecule has 0 spiro atoms. The number of amidine groups is 1. The van der Waals surface area contributed by atoms with Crippen LogP contribution in [0.5, 0.6) is 0 Å². The summed E-state index contributed by atoms with van der Waals surface area (Å²) >= 11 is 0. The van der Waals surface area contributed by atoms with Gasteiger partial charge >= 0.3 is 0 Å².